The zero-order valence-electron chi connectivity index (χ0n) is 38.1. The van der Waals surface area contributed by atoms with E-state index in [-0.39, 0.29) is 50.4 Å². The maximum absolute atomic E-state index is 12.3. The molecule has 8 aromatic rings. The molecule has 0 unspecified atom stereocenters. The molecule has 8 rings (SSSR count). The summed E-state index contributed by atoms with van der Waals surface area (Å²) < 4.78 is 27.1. The molecular formula is C53H51LiN4O11. The number of aromatic nitrogens is 2. The third-order valence-corrected chi connectivity index (χ3v) is 10.6. The van der Waals surface area contributed by atoms with Gasteiger partial charge < -0.3 is 54.9 Å². The number of methoxy groups -OCH3 is 1. The molecule has 0 bridgehead atoms. The van der Waals surface area contributed by atoms with Crippen molar-refractivity contribution in [3.05, 3.63) is 203 Å². The Labute approximate surface area is 410 Å². The average molecular weight is 927 g/mol. The monoisotopic (exact) mass is 926 g/mol. The summed E-state index contributed by atoms with van der Waals surface area (Å²) in [6.45, 7) is 1.10. The summed E-state index contributed by atoms with van der Waals surface area (Å²) in [5.41, 5.74) is 7.16. The summed E-state index contributed by atoms with van der Waals surface area (Å²) in [5, 5.41) is 16.5. The molecule has 0 radical (unpaired) electrons. The topological polar surface area (TPSA) is 220 Å². The molecule has 2 atom stereocenters. The second kappa shape index (κ2) is 26.4. The van der Waals surface area contributed by atoms with Crippen LogP contribution in [0.3, 0.4) is 0 Å². The number of carbonyl (C=O) groups excluding carboxylic acids is 3. The van der Waals surface area contributed by atoms with Crippen molar-refractivity contribution in [2.24, 2.45) is 0 Å². The van der Waals surface area contributed by atoms with E-state index in [0.717, 1.165) is 60.9 Å². The van der Waals surface area contributed by atoms with E-state index in [1.807, 2.05) is 164 Å². The molecule has 2 amide bonds. The Hall–Kier alpha value is -7.96. The zero-order valence-corrected chi connectivity index (χ0v) is 38.1. The van der Waals surface area contributed by atoms with E-state index in [1.54, 1.807) is 6.20 Å². The Balaban J connectivity index is 0.000000250. The maximum atomic E-state index is 12.3. The van der Waals surface area contributed by atoms with E-state index < -0.39 is 36.2 Å². The Morgan fingerprint density at radius 2 is 0.884 bits per heavy atom. The number of alkyl carbamates (subject to hydrolysis) is 2. The summed E-state index contributed by atoms with van der Waals surface area (Å²) in [6.07, 6.45) is 2.47. The van der Waals surface area contributed by atoms with Crippen molar-refractivity contribution in [1.29, 1.82) is 0 Å². The van der Waals surface area contributed by atoms with Crippen LogP contribution in [0.1, 0.15) is 33.4 Å². The summed E-state index contributed by atoms with van der Waals surface area (Å²) in [7, 11) is 1.29. The molecule has 0 aliphatic rings. The first kappa shape index (κ1) is 52.0. The van der Waals surface area contributed by atoms with Gasteiger partial charge in [-0.15, -0.1) is 0 Å². The van der Waals surface area contributed by atoms with Crippen LogP contribution in [-0.2, 0) is 63.1 Å². The number of H-pyrrole nitrogens is 2. The van der Waals surface area contributed by atoms with Crippen LogP contribution in [-0.4, -0.2) is 63.9 Å². The van der Waals surface area contributed by atoms with Crippen LogP contribution in [0.15, 0.2) is 170 Å². The molecule has 0 spiro atoms. The smallest absolute Gasteiger partial charge is 0.870 e. The fraction of sp³-hybridized carbons (Fsp3) is 0.170. The molecule has 2 aromatic heterocycles. The predicted octanol–water partition coefficient (Wildman–Crippen LogP) is 6.25. The quantitative estimate of drug-likeness (QED) is 0.0368. The van der Waals surface area contributed by atoms with Gasteiger partial charge in [0.05, 0.1) is 7.11 Å². The van der Waals surface area contributed by atoms with E-state index in [1.165, 1.54) is 7.11 Å². The molecule has 0 saturated heterocycles. The van der Waals surface area contributed by atoms with Crippen LogP contribution in [0.25, 0.3) is 21.8 Å². The SMILES string of the molecule is COC(=O)[C@H](Cc1c[nH]c2cc(OCc3ccccc3)ccc12)NC(=O)OCc1ccccc1.O=C(N[C@@H](Cc1c[nH]c2cc(OCc3ccccc3)ccc12)C(=O)O)OCc1ccccc1.[Li+].[OH-]. The first-order valence-corrected chi connectivity index (χ1v) is 21.5. The molecule has 350 valence electrons. The van der Waals surface area contributed by atoms with Gasteiger partial charge >= 0.3 is 43.0 Å². The Bertz CT molecular complexity index is 2860. The van der Waals surface area contributed by atoms with Crippen molar-refractivity contribution in [1.82, 2.24) is 20.6 Å². The van der Waals surface area contributed by atoms with E-state index in [2.05, 4.69) is 20.6 Å². The average Bonchev–Trinajstić information content (AvgIpc) is 3.97. The number of carbonyl (C=O) groups is 4. The molecule has 0 aliphatic heterocycles. The van der Waals surface area contributed by atoms with Gasteiger partial charge in [0.1, 0.15) is 50.0 Å². The normalized spacial score (nSPS) is 11.3. The molecule has 6 N–H and O–H groups in total. The van der Waals surface area contributed by atoms with Crippen LogP contribution in [0.4, 0.5) is 9.59 Å². The van der Waals surface area contributed by atoms with Crippen molar-refractivity contribution >= 4 is 45.9 Å². The number of fused-ring (bicyclic) bond motifs is 2. The number of aromatic amines is 2. The number of carboxylic acid groups (broad SMARTS) is 1. The summed E-state index contributed by atoms with van der Waals surface area (Å²) >= 11 is 0. The number of carboxylic acids is 1. The molecule has 0 fully saturated rings. The van der Waals surface area contributed by atoms with Gasteiger partial charge in [0.25, 0.3) is 0 Å². The van der Waals surface area contributed by atoms with Crippen molar-refractivity contribution in [2.45, 2.75) is 51.4 Å². The fourth-order valence-electron chi connectivity index (χ4n) is 7.12. The van der Waals surface area contributed by atoms with Gasteiger partial charge in [-0.05, 0) is 57.6 Å². The molecule has 0 saturated carbocycles. The number of nitrogens with one attached hydrogen (secondary N) is 4. The van der Waals surface area contributed by atoms with Gasteiger partial charge in [0.2, 0.25) is 0 Å². The predicted molar refractivity (Wildman–Crippen MR) is 254 cm³/mol. The van der Waals surface area contributed by atoms with Crippen LogP contribution >= 0.6 is 0 Å². The summed E-state index contributed by atoms with van der Waals surface area (Å²) in [6, 6.07) is 47.7. The van der Waals surface area contributed by atoms with E-state index in [4.69, 9.17) is 23.7 Å². The van der Waals surface area contributed by atoms with Gasteiger partial charge in [-0.25, -0.2) is 19.2 Å². The Morgan fingerprint density at radius 3 is 1.26 bits per heavy atom. The van der Waals surface area contributed by atoms with Crippen molar-refractivity contribution in [2.75, 3.05) is 7.11 Å². The number of esters is 1. The van der Waals surface area contributed by atoms with Gasteiger partial charge in [-0.1, -0.05) is 121 Å². The van der Waals surface area contributed by atoms with Crippen molar-refractivity contribution < 1.29 is 72.3 Å². The molecule has 6 aromatic carbocycles. The van der Waals surface area contributed by atoms with E-state index in [9.17, 15) is 24.3 Å². The number of rotatable bonds is 18. The number of aliphatic carboxylic acids is 1. The molecule has 69 heavy (non-hydrogen) atoms. The third-order valence-electron chi connectivity index (χ3n) is 10.6. The third kappa shape index (κ3) is 15.6. The Kier molecular flexibility index (Phi) is 19.9. The number of hydrogen-bond donors (Lipinski definition) is 5. The van der Waals surface area contributed by atoms with Crippen LogP contribution in [0.2, 0.25) is 0 Å². The first-order chi connectivity index (χ1) is 32.7. The molecular weight excluding hydrogens is 876 g/mol. The van der Waals surface area contributed by atoms with Crippen LogP contribution in [0.5, 0.6) is 11.5 Å². The second-order valence-electron chi connectivity index (χ2n) is 15.4. The van der Waals surface area contributed by atoms with Crippen molar-refractivity contribution in [3.8, 4) is 11.5 Å². The largest absolute Gasteiger partial charge is 1.00 e. The van der Waals surface area contributed by atoms with Crippen molar-refractivity contribution in [3.63, 3.8) is 0 Å². The van der Waals surface area contributed by atoms with Gasteiger partial charge in [-0.3, -0.25) is 0 Å². The summed E-state index contributed by atoms with van der Waals surface area (Å²) in [5.74, 6) is -0.244. The molecule has 0 aliphatic carbocycles. The minimum atomic E-state index is -1.14. The molecule has 2 heterocycles. The van der Waals surface area contributed by atoms with Gasteiger partial charge in [0.15, 0.2) is 0 Å². The number of benzene rings is 6. The second-order valence-corrected chi connectivity index (χ2v) is 15.4. The van der Waals surface area contributed by atoms with Gasteiger partial charge in [0, 0.05) is 59.2 Å². The number of amides is 2. The van der Waals surface area contributed by atoms with Crippen LogP contribution < -0.4 is 39.0 Å². The minimum absolute atomic E-state index is 0. The molecule has 16 heteroatoms. The number of hydrogen-bond acceptors (Lipinski definition) is 10. The van der Waals surface area contributed by atoms with E-state index >= 15 is 0 Å². The van der Waals surface area contributed by atoms with E-state index in [0.29, 0.717) is 19.0 Å². The fourth-order valence-corrected chi connectivity index (χ4v) is 7.12. The first-order valence-electron chi connectivity index (χ1n) is 21.5. The summed E-state index contributed by atoms with van der Waals surface area (Å²) in [4.78, 5) is 54.9. The number of ether oxygens (including phenoxy) is 5. The zero-order chi connectivity index (χ0) is 46.8. The maximum Gasteiger partial charge on any atom is 1.00 e. The van der Waals surface area contributed by atoms with Gasteiger partial charge in [-0.2, -0.15) is 0 Å². The van der Waals surface area contributed by atoms with Crippen LogP contribution in [0, 0.1) is 0 Å². The standard InChI is InChI=1S/C27H26N2O5.C26H24N2O5.Li.H2O/c1-32-26(30)25(29-27(31)34-18-20-10-6-3-7-11-20)14-21-16-28-24-15-22(12-13-23(21)24)33-17-19-8-4-2-5-9-19;29-25(30)24(28-26(31)33-17-19-9-5-2-6-10-19)13-20-15-27-23-14-21(11-12-22(20)23)32-16-18-7-3-1-4-8-18;;/h2-13,15-16,25,28H,14,17-18H2,1H3,(H,29,31);1-12,14-15,24,27H,13,16-17H2,(H,28,31)(H,29,30);;1H2/q;;+1;/p-1/t25-;24-;;/m00../s1. The minimum Gasteiger partial charge on any atom is -0.870 e. The molecule has 15 nitrogen and oxygen atoms in total. The Morgan fingerprint density at radius 1 is 0.522 bits per heavy atom.